The highest BCUT2D eigenvalue weighted by Crippen LogP contribution is 2.45. The highest BCUT2D eigenvalue weighted by molar-refractivity contribution is 6.14. The largest absolute Gasteiger partial charge is 0.314 e. The summed E-state index contributed by atoms with van der Waals surface area (Å²) in [6.07, 6.45) is 18.3. The van der Waals surface area contributed by atoms with Gasteiger partial charge in [0.15, 0.2) is 0 Å². The number of anilines is 2. The first-order valence-electron chi connectivity index (χ1n) is 20.9. The number of benzene rings is 8. The molecule has 2 atom stereocenters. The molecule has 0 N–H and O–H groups in total. The predicted molar refractivity (Wildman–Crippen MR) is 251 cm³/mol. The highest BCUT2D eigenvalue weighted by Gasteiger charge is 2.29. The number of rotatable bonds is 7. The lowest BCUT2D eigenvalue weighted by Crippen LogP contribution is -2.35. The van der Waals surface area contributed by atoms with Gasteiger partial charge in [0.05, 0.1) is 0 Å². The van der Waals surface area contributed by atoms with Crippen LogP contribution in [0, 0.1) is 5.92 Å². The van der Waals surface area contributed by atoms with Gasteiger partial charge in [-0.3, -0.25) is 0 Å². The number of hydrogen-bond acceptors (Lipinski definition) is 1. The number of hydrogen-bond donors (Lipinski definition) is 0. The van der Waals surface area contributed by atoms with Crippen molar-refractivity contribution in [3.05, 3.63) is 246 Å². The van der Waals surface area contributed by atoms with E-state index in [-0.39, 0.29) is 11.8 Å². The van der Waals surface area contributed by atoms with E-state index in [0.29, 0.717) is 0 Å². The Bertz CT molecular complexity index is 3140. The van der Waals surface area contributed by atoms with Gasteiger partial charge in [0.2, 0.25) is 0 Å². The topological polar surface area (TPSA) is 3.24 Å². The molecule has 8 aromatic carbocycles. The smallest absolute Gasteiger partial charge is 0.0467 e. The minimum atomic E-state index is 0.152. The van der Waals surface area contributed by atoms with Crippen molar-refractivity contribution in [1.29, 1.82) is 0 Å². The van der Waals surface area contributed by atoms with Crippen molar-refractivity contribution < 1.29 is 0 Å². The summed E-state index contributed by atoms with van der Waals surface area (Å²) in [7, 11) is 0. The zero-order valence-electron chi connectivity index (χ0n) is 32.9. The Kier molecular flexibility index (Phi) is 8.86. The third-order valence-corrected chi connectivity index (χ3v) is 12.5. The van der Waals surface area contributed by atoms with Gasteiger partial charge in [0.1, 0.15) is 0 Å². The van der Waals surface area contributed by atoms with Crippen molar-refractivity contribution in [3.63, 3.8) is 0 Å². The first kappa shape index (κ1) is 35.0. The summed E-state index contributed by atoms with van der Waals surface area (Å²) in [6.45, 7) is 0. The molecule has 0 radical (unpaired) electrons. The maximum absolute atomic E-state index is 2.53. The van der Waals surface area contributed by atoms with E-state index in [1.165, 1.54) is 87.9 Å². The second-order valence-electron chi connectivity index (χ2n) is 16.0. The molecular formula is C58H43N. The average molecular weight is 754 g/mol. The van der Waals surface area contributed by atoms with Crippen LogP contribution in [0.25, 0.3) is 61.0 Å². The molecule has 0 aliphatic heterocycles. The van der Waals surface area contributed by atoms with Gasteiger partial charge >= 0.3 is 0 Å². The van der Waals surface area contributed by atoms with Crippen LogP contribution in [0.3, 0.4) is 0 Å². The first-order chi connectivity index (χ1) is 29.2. The van der Waals surface area contributed by atoms with Crippen molar-refractivity contribution in [3.8, 4) is 22.3 Å². The lowest BCUT2D eigenvalue weighted by atomic mass is 9.74. The van der Waals surface area contributed by atoms with Crippen LogP contribution >= 0.6 is 0 Å². The van der Waals surface area contributed by atoms with Crippen LogP contribution in [0.4, 0.5) is 11.4 Å². The van der Waals surface area contributed by atoms with Crippen LogP contribution in [0.2, 0.25) is 0 Å². The van der Waals surface area contributed by atoms with E-state index >= 15 is 0 Å². The molecule has 2 unspecified atom stereocenters. The van der Waals surface area contributed by atoms with E-state index in [1.54, 1.807) is 0 Å². The molecule has 0 fully saturated rings. The molecule has 1 nitrogen and oxygen atoms in total. The molecule has 3 aliphatic rings. The van der Waals surface area contributed by atoms with Gasteiger partial charge in [0, 0.05) is 28.9 Å². The lowest BCUT2D eigenvalue weighted by Gasteiger charge is -2.33. The lowest BCUT2D eigenvalue weighted by molar-refractivity contribution is 0.742. The molecule has 3 aliphatic carbocycles. The normalized spacial score (nSPS) is 16.8. The molecule has 59 heavy (non-hydrogen) atoms. The van der Waals surface area contributed by atoms with E-state index in [2.05, 4.69) is 229 Å². The summed E-state index contributed by atoms with van der Waals surface area (Å²) in [5, 5.41) is 7.72. The standard InChI is InChI=1S/C58H43N/c1-3-15-40(16-4-1)42-27-31-48(32-28-42)59(49-33-29-43(30-34-49)41-17-5-2-6-18-41)50-36-46(57-38-44-19-7-9-21-51(44)53-23-11-13-25-55(53)57)35-47(37-50)58-39-45-20-8-10-22-52(45)54-24-12-14-26-56(54)58/h1-29,31-33,35-39,55,57H,30,34H2. The molecule has 0 saturated heterocycles. The average Bonchev–Trinajstić information content (AvgIpc) is 3.32. The molecule has 0 spiro atoms. The van der Waals surface area contributed by atoms with Crippen LogP contribution in [-0.4, -0.2) is 0 Å². The van der Waals surface area contributed by atoms with Gasteiger partial charge in [0.25, 0.3) is 0 Å². The fourth-order valence-corrected chi connectivity index (χ4v) is 9.67. The third-order valence-electron chi connectivity index (χ3n) is 12.5. The predicted octanol–water partition coefficient (Wildman–Crippen LogP) is 13.7. The number of fused-ring (bicyclic) bond motifs is 5. The highest BCUT2D eigenvalue weighted by atomic mass is 15.1. The van der Waals surface area contributed by atoms with Gasteiger partial charge in [-0.05, 0) is 126 Å². The molecule has 0 aromatic heterocycles. The second kappa shape index (κ2) is 14.9. The van der Waals surface area contributed by atoms with E-state index in [9.17, 15) is 0 Å². The van der Waals surface area contributed by atoms with Crippen LogP contribution in [0.1, 0.15) is 29.9 Å². The van der Waals surface area contributed by atoms with Crippen LogP contribution in [0.5, 0.6) is 0 Å². The van der Waals surface area contributed by atoms with Crippen molar-refractivity contribution in [2.24, 2.45) is 5.92 Å². The van der Waals surface area contributed by atoms with E-state index in [4.69, 9.17) is 0 Å². The quantitative estimate of drug-likeness (QED) is 0.147. The maximum Gasteiger partial charge on any atom is 0.0467 e. The Hall–Kier alpha value is -7.22. The van der Waals surface area contributed by atoms with Gasteiger partial charge in [-0.2, -0.15) is 0 Å². The van der Waals surface area contributed by atoms with Gasteiger partial charge < -0.3 is 4.90 Å². The molecule has 0 bridgehead atoms. The Labute approximate surface area is 346 Å². The summed E-state index contributed by atoms with van der Waals surface area (Å²) < 4.78 is 0. The maximum atomic E-state index is 2.53. The molecule has 11 rings (SSSR count). The summed E-state index contributed by atoms with van der Waals surface area (Å²) >= 11 is 0. The molecule has 280 valence electrons. The van der Waals surface area contributed by atoms with E-state index < -0.39 is 0 Å². The Morgan fingerprint density at radius 2 is 1.15 bits per heavy atom. The molecule has 0 heterocycles. The SMILES string of the molecule is C1=CC2=c3ccccc3=CC(c3cc(-c4cc5ccccc5c5ccccc45)cc(N(C4=CC=C(c5ccccc5)CC4)c4ccc(-c5ccccc5)cc4)c3)C2C=C1. The van der Waals surface area contributed by atoms with E-state index in [1.807, 2.05) is 0 Å². The Morgan fingerprint density at radius 1 is 0.458 bits per heavy atom. The van der Waals surface area contributed by atoms with Crippen molar-refractivity contribution >= 4 is 50.1 Å². The Morgan fingerprint density at radius 3 is 1.95 bits per heavy atom. The molecule has 1 heteroatoms. The summed E-state index contributed by atoms with van der Waals surface area (Å²) in [6, 6.07) is 67.2. The van der Waals surface area contributed by atoms with Crippen molar-refractivity contribution in [2.45, 2.75) is 18.8 Å². The van der Waals surface area contributed by atoms with Crippen LogP contribution in [-0.2, 0) is 0 Å². The van der Waals surface area contributed by atoms with Gasteiger partial charge in [-0.25, -0.2) is 0 Å². The molecule has 8 aromatic rings. The number of nitrogens with zero attached hydrogens (tertiary/aromatic N) is 1. The van der Waals surface area contributed by atoms with Gasteiger partial charge in [-0.15, -0.1) is 0 Å². The fraction of sp³-hybridized carbons (Fsp3) is 0.0690. The minimum Gasteiger partial charge on any atom is -0.314 e. The number of allylic oxidation sites excluding steroid dienone is 8. The summed E-state index contributed by atoms with van der Waals surface area (Å²) in [4.78, 5) is 2.53. The first-order valence-corrected chi connectivity index (χ1v) is 20.9. The molecule has 0 saturated carbocycles. The summed E-state index contributed by atoms with van der Waals surface area (Å²) in [5.41, 5.74) is 13.9. The minimum absolute atomic E-state index is 0.152. The zero-order valence-corrected chi connectivity index (χ0v) is 32.9. The van der Waals surface area contributed by atoms with Crippen LogP contribution in [0.15, 0.2) is 224 Å². The molecular weight excluding hydrogens is 711 g/mol. The molecule has 0 amide bonds. The van der Waals surface area contributed by atoms with Crippen molar-refractivity contribution in [1.82, 2.24) is 0 Å². The van der Waals surface area contributed by atoms with Crippen LogP contribution < -0.4 is 15.3 Å². The fourth-order valence-electron chi connectivity index (χ4n) is 9.67. The Balaban J connectivity index is 1.15. The second-order valence-corrected chi connectivity index (χ2v) is 16.0. The zero-order chi connectivity index (χ0) is 39.1. The van der Waals surface area contributed by atoms with Gasteiger partial charge in [-0.1, -0.05) is 188 Å². The monoisotopic (exact) mass is 753 g/mol. The third kappa shape index (κ3) is 6.46. The van der Waals surface area contributed by atoms with E-state index in [0.717, 1.165) is 18.5 Å². The summed E-state index contributed by atoms with van der Waals surface area (Å²) in [5.74, 6) is 0.383. The van der Waals surface area contributed by atoms with Crippen molar-refractivity contribution in [2.75, 3.05) is 4.90 Å².